The summed E-state index contributed by atoms with van der Waals surface area (Å²) in [5, 5.41) is 9.07. The first-order valence-corrected chi connectivity index (χ1v) is 4.55. The Hall–Kier alpha value is -1.85. The van der Waals surface area contributed by atoms with Gasteiger partial charge in [0.2, 0.25) is 11.8 Å². The number of nitrogens with zero attached hydrogens (tertiary/aromatic N) is 2. The molecule has 0 saturated heterocycles. The van der Waals surface area contributed by atoms with Gasteiger partial charge < -0.3 is 10.2 Å². The van der Waals surface area contributed by atoms with Gasteiger partial charge in [0.15, 0.2) is 0 Å². The van der Waals surface area contributed by atoms with Gasteiger partial charge >= 0.3 is 0 Å². The van der Waals surface area contributed by atoms with Crippen LogP contribution in [0.15, 0.2) is 12.4 Å². The fourth-order valence-corrected chi connectivity index (χ4v) is 0.958. The smallest absolute Gasteiger partial charge is 0.239 e. The van der Waals surface area contributed by atoms with Crippen LogP contribution in [-0.4, -0.2) is 40.5 Å². The maximum atomic E-state index is 11.3. The van der Waals surface area contributed by atoms with Gasteiger partial charge in [0.05, 0.1) is 12.7 Å². The summed E-state index contributed by atoms with van der Waals surface area (Å²) in [5.74, 6) is -0.317. The molecule has 0 fully saturated rings. The third kappa shape index (κ3) is 3.80. The quantitative estimate of drug-likeness (QED) is 0.703. The van der Waals surface area contributed by atoms with Crippen molar-refractivity contribution in [3.05, 3.63) is 18.0 Å². The van der Waals surface area contributed by atoms with Crippen molar-refractivity contribution in [2.45, 2.75) is 13.5 Å². The predicted molar refractivity (Wildman–Crippen MR) is 53.7 cm³/mol. The van der Waals surface area contributed by atoms with Crippen molar-refractivity contribution < 1.29 is 9.59 Å². The average Bonchev–Trinajstić information content (AvgIpc) is 2.66. The number of aromatic amines is 1. The number of rotatable bonds is 4. The normalized spacial score (nSPS) is 9.73. The van der Waals surface area contributed by atoms with E-state index in [1.54, 1.807) is 19.4 Å². The molecule has 0 atom stereocenters. The summed E-state index contributed by atoms with van der Waals surface area (Å²) >= 11 is 0. The molecule has 0 unspecified atom stereocenters. The van der Waals surface area contributed by atoms with Crippen molar-refractivity contribution in [3.8, 4) is 0 Å². The number of hydrogen-bond donors (Lipinski definition) is 2. The number of H-pyrrole nitrogens is 1. The molecule has 0 aliphatic rings. The maximum absolute atomic E-state index is 11.3. The molecule has 6 nitrogen and oxygen atoms in total. The van der Waals surface area contributed by atoms with E-state index in [2.05, 4.69) is 15.5 Å². The fourth-order valence-electron chi connectivity index (χ4n) is 0.958. The highest BCUT2D eigenvalue weighted by molar-refractivity contribution is 5.83. The molecule has 6 heteroatoms. The first-order chi connectivity index (χ1) is 7.09. The van der Waals surface area contributed by atoms with Crippen molar-refractivity contribution in [2.24, 2.45) is 0 Å². The van der Waals surface area contributed by atoms with Gasteiger partial charge in [-0.25, -0.2) is 0 Å². The van der Waals surface area contributed by atoms with Gasteiger partial charge in [-0.05, 0) is 0 Å². The van der Waals surface area contributed by atoms with Gasteiger partial charge in [-0.15, -0.1) is 0 Å². The number of aromatic nitrogens is 2. The van der Waals surface area contributed by atoms with Crippen LogP contribution >= 0.6 is 0 Å². The molecule has 0 aliphatic heterocycles. The summed E-state index contributed by atoms with van der Waals surface area (Å²) in [4.78, 5) is 23.5. The lowest BCUT2D eigenvalue weighted by Gasteiger charge is -2.13. The largest absolute Gasteiger partial charge is 0.350 e. The van der Waals surface area contributed by atoms with Gasteiger partial charge in [0.1, 0.15) is 0 Å². The molecule has 1 heterocycles. The number of hydrogen-bond acceptors (Lipinski definition) is 3. The summed E-state index contributed by atoms with van der Waals surface area (Å²) in [6.07, 6.45) is 3.34. The topological polar surface area (TPSA) is 78.1 Å². The Bertz CT molecular complexity index is 334. The van der Waals surface area contributed by atoms with E-state index in [1.807, 2.05) is 0 Å². The predicted octanol–water partition coefficient (Wildman–Crippen LogP) is -0.496. The molecule has 2 amide bonds. The second-order valence-corrected chi connectivity index (χ2v) is 3.26. The molecule has 2 N–H and O–H groups in total. The first kappa shape index (κ1) is 11.2. The maximum Gasteiger partial charge on any atom is 0.239 e. The second-order valence-electron chi connectivity index (χ2n) is 3.26. The zero-order valence-corrected chi connectivity index (χ0v) is 8.78. The van der Waals surface area contributed by atoms with E-state index >= 15 is 0 Å². The van der Waals surface area contributed by atoms with Crippen LogP contribution in [0.25, 0.3) is 0 Å². The van der Waals surface area contributed by atoms with Gasteiger partial charge in [-0.2, -0.15) is 5.10 Å². The molecule has 0 spiro atoms. The minimum absolute atomic E-state index is 0.0766. The molecule has 0 radical (unpaired) electrons. The van der Waals surface area contributed by atoms with Crippen LogP contribution in [0.5, 0.6) is 0 Å². The number of carbonyl (C=O) groups excluding carboxylic acids is 2. The lowest BCUT2D eigenvalue weighted by Crippen LogP contribution is -2.36. The minimum Gasteiger partial charge on any atom is -0.350 e. The standard InChI is InChI=1S/C9H14N4O2/c1-7(14)13(2)6-9(15)10-3-8-4-11-12-5-8/h4-5H,3,6H2,1-2H3,(H,10,15)(H,11,12). The molecule has 82 valence electrons. The molecule has 1 aromatic heterocycles. The summed E-state index contributed by atoms with van der Waals surface area (Å²) < 4.78 is 0. The van der Waals surface area contributed by atoms with E-state index in [0.717, 1.165) is 5.56 Å². The third-order valence-corrected chi connectivity index (χ3v) is 1.96. The van der Waals surface area contributed by atoms with Gasteiger partial charge in [-0.1, -0.05) is 0 Å². The highest BCUT2D eigenvalue weighted by Crippen LogP contribution is 1.92. The highest BCUT2D eigenvalue weighted by atomic mass is 16.2. The van der Waals surface area contributed by atoms with Crippen LogP contribution in [0, 0.1) is 0 Å². The fraction of sp³-hybridized carbons (Fsp3) is 0.444. The number of likely N-dealkylation sites (N-methyl/N-ethyl adjacent to an activating group) is 1. The summed E-state index contributed by atoms with van der Waals surface area (Å²) in [7, 11) is 1.58. The summed E-state index contributed by atoms with van der Waals surface area (Å²) in [5.41, 5.74) is 0.897. The SMILES string of the molecule is CC(=O)N(C)CC(=O)NCc1cn[nH]c1. The van der Waals surface area contributed by atoms with E-state index in [1.165, 1.54) is 11.8 Å². The van der Waals surface area contributed by atoms with Crippen LogP contribution in [-0.2, 0) is 16.1 Å². The lowest BCUT2D eigenvalue weighted by atomic mass is 10.3. The minimum atomic E-state index is -0.186. The van der Waals surface area contributed by atoms with Crippen molar-refractivity contribution in [1.29, 1.82) is 0 Å². The summed E-state index contributed by atoms with van der Waals surface area (Å²) in [6.45, 7) is 1.91. The van der Waals surface area contributed by atoms with Crippen molar-refractivity contribution >= 4 is 11.8 Å². The highest BCUT2D eigenvalue weighted by Gasteiger charge is 2.08. The molecular weight excluding hydrogens is 196 g/mol. The van der Waals surface area contributed by atoms with Crippen LogP contribution in [0.3, 0.4) is 0 Å². The number of carbonyl (C=O) groups is 2. The molecule has 0 aromatic carbocycles. The Morgan fingerprint density at radius 2 is 2.33 bits per heavy atom. The lowest BCUT2D eigenvalue weighted by molar-refractivity contribution is -0.133. The number of nitrogens with one attached hydrogen (secondary N) is 2. The monoisotopic (exact) mass is 210 g/mol. The molecule has 1 rings (SSSR count). The zero-order chi connectivity index (χ0) is 11.3. The zero-order valence-electron chi connectivity index (χ0n) is 8.78. The van der Waals surface area contributed by atoms with E-state index in [4.69, 9.17) is 0 Å². The molecule has 15 heavy (non-hydrogen) atoms. The average molecular weight is 210 g/mol. The van der Waals surface area contributed by atoms with Crippen molar-refractivity contribution in [1.82, 2.24) is 20.4 Å². The van der Waals surface area contributed by atoms with E-state index < -0.39 is 0 Å². The van der Waals surface area contributed by atoms with Crippen LogP contribution in [0.4, 0.5) is 0 Å². The third-order valence-electron chi connectivity index (χ3n) is 1.96. The molecule has 0 bridgehead atoms. The van der Waals surface area contributed by atoms with Crippen LogP contribution in [0.2, 0.25) is 0 Å². The second kappa shape index (κ2) is 5.14. The Morgan fingerprint density at radius 1 is 1.60 bits per heavy atom. The molecular formula is C9H14N4O2. The van der Waals surface area contributed by atoms with E-state index in [0.29, 0.717) is 6.54 Å². The molecule has 0 saturated carbocycles. The first-order valence-electron chi connectivity index (χ1n) is 4.55. The van der Waals surface area contributed by atoms with Crippen molar-refractivity contribution in [3.63, 3.8) is 0 Å². The Morgan fingerprint density at radius 3 is 2.87 bits per heavy atom. The van der Waals surface area contributed by atoms with Crippen LogP contribution in [0.1, 0.15) is 12.5 Å². The van der Waals surface area contributed by atoms with Gasteiger partial charge in [0, 0.05) is 32.3 Å². The molecule has 0 aliphatic carbocycles. The van der Waals surface area contributed by atoms with Crippen molar-refractivity contribution in [2.75, 3.05) is 13.6 Å². The van der Waals surface area contributed by atoms with E-state index in [9.17, 15) is 9.59 Å². The number of amides is 2. The molecule has 1 aromatic rings. The Kier molecular flexibility index (Phi) is 3.84. The van der Waals surface area contributed by atoms with Gasteiger partial charge in [-0.3, -0.25) is 14.7 Å². The van der Waals surface area contributed by atoms with Gasteiger partial charge in [0.25, 0.3) is 0 Å². The summed E-state index contributed by atoms with van der Waals surface area (Å²) in [6, 6.07) is 0. The Labute approximate surface area is 87.7 Å². The van der Waals surface area contributed by atoms with E-state index in [-0.39, 0.29) is 18.4 Å². The van der Waals surface area contributed by atoms with Crippen LogP contribution < -0.4 is 5.32 Å². The Balaban J connectivity index is 2.28.